The number of nitrogens with zero attached hydrogens (tertiary/aromatic N) is 5. The molecule has 4 rings (SSSR count). The van der Waals surface area contributed by atoms with Crippen LogP contribution in [0, 0.1) is 10.9 Å². The van der Waals surface area contributed by atoms with Gasteiger partial charge in [0.05, 0.1) is 5.56 Å². The topological polar surface area (TPSA) is 224 Å². The summed E-state index contributed by atoms with van der Waals surface area (Å²) in [6.07, 6.45) is 0. The lowest BCUT2D eigenvalue weighted by molar-refractivity contribution is 0.103. The third kappa shape index (κ3) is 4.27. The Hall–Kier alpha value is -5.62. The number of hydrogen-bond donors (Lipinski definition) is 3. The van der Waals surface area contributed by atoms with E-state index in [2.05, 4.69) is 20.5 Å². The van der Waals surface area contributed by atoms with Crippen molar-refractivity contribution in [3.05, 3.63) is 108 Å². The van der Waals surface area contributed by atoms with Crippen LogP contribution in [0.1, 0.15) is 15.9 Å². The van der Waals surface area contributed by atoms with Gasteiger partial charge in [0.25, 0.3) is 10.8 Å². The number of nitrogens with one attached hydrogen (secondary N) is 1. The van der Waals surface area contributed by atoms with E-state index in [1.54, 1.807) is 18.2 Å². The molecule has 0 radical (unpaired) electrons. The molecule has 2 aromatic carbocycles. The number of phenolic OH excluding ortho intramolecular Hbond substituents is 2. The van der Waals surface area contributed by atoms with Crippen LogP contribution in [0.2, 0.25) is 0 Å². The molecular weight excluding hydrogens is 520 g/mol. The number of fused-ring (bicyclic) bond motifs is 1. The van der Waals surface area contributed by atoms with Gasteiger partial charge in [-0.25, -0.2) is 0 Å². The maximum atomic E-state index is 13.4. The fourth-order valence-electron chi connectivity index (χ4n) is 3.65. The molecule has 38 heavy (non-hydrogen) atoms. The van der Waals surface area contributed by atoms with E-state index in [9.17, 15) is 33.0 Å². The second-order valence-corrected chi connectivity index (χ2v) is 8.95. The van der Waals surface area contributed by atoms with Crippen molar-refractivity contribution in [2.24, 2.45) is 15.4 Å². The highest BCUT2D eigenvalue weighted by molar-refractivity contribution is 7.87. The first-order valence-corrected chi connectivity index (χ1v) is 11.7. The number of phenols is 2. The Kier molecular flexibility index (Phi) is 6.56. The molecule has 0 unspecified atom stereocenters. The fourth-order valence-corrected chi connectivity index (χ4v) is 4.94. The molecule has 0 amide bonds. The number of carbonyl (C=O) groups excluding carboxylic acids is 1. The molecule has 15 heteroatoms. The quantitative estimate of drug-likeness (QED) is 0.0617. The van der Waals surface area contributed by atoms with Gasteiger partial charge in [-0.2, -0.15) is 13.9 Å². The molecule has 0 fully saturated rings. The minimum atomic E-state index is -5.21. The van der Waals surface area contributed by atoms with Crippen LogP contribution in [-0.2, 0) is 10.1 Å². The zero-order chi connectivity index (χ0) is 27.6. The molecule has 0 saturated heterocycles. The van der Waals surface area contributed by atoms with Crippen molar-refractivity contribution in [3.63, 3.8) is 0 Å². The molecule has 0 saturated carbocycles. The summed E-state index contributed by atoms with van der Waals surface area (Å²) in [6, 6.07) is 13.1. The Morgan fingerprint density at radius 1 is 0.947 bits per heavy atom. The monoisotopic (exact) mass is 533 g/mol. The molecule has 0 bridgehead atoms. The Morgan fingerprint density at radius 3 is 2.32 bits per heavy atom. The molecule has 0 aromatic heterocycles. The number of ketones is 1. The summed E-state index contributed by atoms with van der Waals surface area (Å²) in [7, 11) is -5.21. The van der Waals surface area contributed by atoms with Crippen molar-refractivity contribution >= 4 is 15.9 Å². The Morgan fingerprint density at radius 2 is 1.66 bits per heavy atom. The first-order valence-electron chi connectivity index (χ1n) is 10.3. The van der Waals surface area contributed by atoms with Gasteiger partial charge in [-0.05, 0) is 18.2 Å². The van der Waals surface area contributed by atoms with Gasteiger partial charge in [-0.1, -0.05) is 47.7 Å². The van der Waals surface area contributed by atoms with Crippen LogP contribution in [0.5, 0.6) is 17.2 Å². The maximum absolute atomic E-state index is 13.4. The van der Waals surface area contributed by atoms with E-state index in [0.717, 1.165) is 24.3 Å². The molecule has 2 aliphatic rings. The van der Waals surface area contributed by atoms with Crippen molar-refractivity contribution in [2.45, 2.75) is 4.90 Å². The SMILES string of the molecule is N#[N+]N=c1cccc2c(=O)c(=O)c(=NN=N)c(S(=O)(=O)Oc3ccc(C(=O)c4ccccc4)c(O)c3O)c1-2. The largest absolute Gasteiger partial charge is 0.504 e. The average molecular weight is 533 g/mol. The van der Waals surface area contributed by atoms with Crippen molar-refractivity contribution < 1.29 is 27.6 Å². The van der Waals surface area contributed by atoms with Crippen LogP contribution >= 0.6 is 0 Å². The minimum absolute atomic E-state index is 0.173. The second-order valence-electron chi connectivity index (χ2n) is 7.47. The first kappa shape index (κ1) is 25.5. The van der Waals surface area contributed by atoms with Crippen molar-refractivity contribution in [2.75, 3.05) is 0 Å². The smallest absolute Gasteiger partial charge is 0.342 e. The molecule has 0 atom stereocenters. The normalized spacial score (nSPS) is 12.3. The molecule has 2 aliphatic carbocycles. The Bertz CT molecular complexity index is 1980. The summed E-state index contributed by atoms with van der Waals surface area (Å²) in [5.41, 5.74) is 3.12. The van der Waals surface area contributed by atoms with Crippen LogP contribution in [0.25, 0.3) is 16.2 Å². The summed E-state index contributed by atoms with van der Waals surface area (Å²) in [4.78, 5) is 36.8. The number of aromatic hydroxyl groups is 2. The van der Waals surface area contributed by atoms with Crippen LogP contribution in [0.3, 0.4) is 0 Å². The van der Waals surface area contributed by atoms with Crippen LogP contribution in [-0.4, -0.2) is 24.4 Å². The van der Waals surface area contributed by atoms with Gasteiger partial charge >= 0.3 is 15.2 Å². The van der Waals surface area contributed by atoms with Gasteiger partial charge in [0.2, 0.25) is 11.2 Å². The van der Waals surface area contributed by atoms with E-state index >= 15 is 0 Å². The third-order valence-corrected chi connectivity index (χ3v) is 6.59. The maximum Gasteiger partial charge on any atom is 0.342 e. The predicted octanol–water partition coefficient (Wildman–Crippen LogP) is 1.31. The lowest BCUT2D eigenvalue weighted by Gasteiger charge is -2.14. The molecule has 2 aromatic rings. The van der Waals surface area contributed by atoms with Gasteiger partial charge in [0.1, 0.15) is 4.90 Å². The molecule has 0 heterocycles. The number of carbonyl (C=O) groups is 1. The van der Waals surface area contributed by atoms with Gasteiger partial charge in [0.15, 0.2) is 33.1 Å². The summed E-state index contributed by atoms with van der Waals surface area (Å²) >= 11 is 0. The van der Waals surface area contributed by atoms with E-state index < -0.39 is 65.4 Å². The number of rotatable bonds is 6. The summed E-state index contributed by atoms with van der Waals surface area (Å²) in [5, 5.41) is 40.1. The van der Waals surface area contributed by atoms with Crippen molar-refractivity contribution in [1.82, 2.24) is 0 Å². The first-order chi connectivity index (χ1) is 18.1. The standard InChI is InChI=1S/C23H12N6O8S/c24-28-26-14-8-4-7-12-16(14)23(17(27-29-25)22(34)19(12)31)38(35,36)37-15-10-9-13(20(32)21(15)33)18(30)11-5-2-1-3-6-11/h1-10,24-25H/p+1. The lowest BCUT2D eigenvalue weighted by Crippen LogP contribution is -2.45. The minimum Gasteiger partial charge on any atom is -0.504 e. The highest BCUT2D eigenvalue weighted by atomic mass is 32.2. The highest BCUT2D eigenvalue weighted by Crippen LogP contribution is 2.40. The van der Waals surface area contributed by atoms with E-state index in [4.69, 9.17) is 15.1 Å². The number of hydrogen-bond acceptors (Lipinski definition) is 12. The molecule has 14 nitrogen and oxygen atoms in total. The van der Waals surface area contributed by atoms with Crippen molar-refractivity contribution in [3.8, 4) is 28.4 Å². The predicted molar refractivity (Wildman–Crippen MR) is 127 cm³/mol. The fraction of sp³-hybridized carbons (Fsp3) is 0. The van der Waals surface area contributed by atoms with Gasteiger partial charge in [0, 0.05) is 16.7 Å². The van der Waals surface area contributed by atoms with E-state index in [0.29, 0.717) is 0 Å². The summed E-state index contributed by atoms with van der Waals surface area (Å²) in [6.45, 7) is 0. The number of benzene rings is 4. The highest BCUT2D eigenvalue weighted by Gasteiger charge is 2.33. The van der Waals surface area contributed by atoms with E-state index in [1.807, 2.05) is 0 Å². The van der Waals surface area contributed by atoms with Crippen LogP contribution in [0.4, 0.5) is 0 Å². The second kappa shape index (κ2) is 9.79. The van der Waals surface area contributed by atoms with Gasteiger partial charge in [-0.15, -0.1) is 5.10 Å². The molecule has 0 aliphatic heterocycles. The van der Waals surface area contributed by atoms with E-state index in [-0.39, 0.29) is 16.5 Å². The lowest BCUT2D eigenvalue weighted by atomic mass is 10.0. The van der Waals surface area contributed by atoms with E-state index in [1.165, 1.54) is 18.2 Å². The third-order valence-electron chi connectivity index (χ3n) is 5.30. The zero-order valence-electron chi connectivity index (χ0n) is 18.8. The number of diazo groups is 1. The Balaban J connectivity index is 1.95. The molecule has 0 spiro atoms. The Labute approximate surface area is 211 Å². The summed E-state index contributed by atoms with van der Waals surface area (Å²) in [5.74, 6) is -3.65. The van der Waals surface area contributed by atoms with Crippen molar-refractivity contribution in [1.29, 1.82) is 10.9 Å². The summed E-state index contributed by atoms with van der Waals surface area (Å²) < 4.78 is 31.8. The zero-order valence-corrected chi connectivity index (χ0v) is 19.6. The average Bonchev–Trinajstić information content (AvgIpc) is 2.90. The van der Waals surface area contributed by atoms with Gasteiger partial charge < -0.3 is 14.4 Å². The van der Waals surface area contributed by atoms with Crippen LogP contribution < -0.4 is 25.8 Å². The molecule has 188 valence electrons. The van der Waals surface area contributed by atoms with Gasteiger partial charge in [-0.3, -0.25) is 14.4 Å². The van der Waals surface area contributed by atoms with Crippen LogP contribution in [0.15, 0.2) is 90.6 Å². The molecular formula is C23H13N6O8S+. The molecule has 3 N–H and O–H groups in total.